The quantitative estimate of drug-likeness (QED) is 0.463. The standard InChI is InChI=1S/C31H48N4O5/c1-21-18-35(22(2)20-36)29(37)17-24-16-26(32-30(38)23-10-6-4-7-11-23)14-15-27(24)40-28(21)19-34(3)31(39)33-25-12-8-5-9-13-25/h14-16,21-23,25,28,36H,4-13,17-20H2,1-3H3,(H,32,38)(H,33,39)/t21-,22+,28-/m1/s1. The summed E-state index contributed by atoms with van der Waals surface area (Å²) in [5.74, 6) is 0.443. The average Bonchev–Trinajstić information content (AvgIpc) is 3.01. The van der Waals surface area contributed by atoms with E-state index in [1.807, 2.05) is 32.0 Å². The number of carbonyl (C=O) groups excluding carboxylic acids is 3. The molecule has 1 aromatic carbocycles. The van der Waals surface area contributed by atoms with Crippen molar-refractivity contribution >= 4 is 23.5 Å². The normalized spacial score (nSPS) is 23.6. The number of likely N-dealkylation sites (N-methyl/N-ethyl adjacent to an activating group) is 1. The maximum Gasteiger partial charge on any atom is 0.317 e. The van der Waals surface area contributed by atoms with Gasteiger partial charge in [-0.1, -0.05) is 45.4 Å². The fraction of sp³-hybridized carbons (Fsp3) is 0.710. The van der Waals surface area contributed by atoms with Gasteiger partial charge in [0.15, 0.2) is 0 Å². The third-order valence-electron chi connectivity index (χ3n) is 8.89. The predicted octanol–water partition coefficient (Wildman–Crippen LogP) is 4.33. The summed E-state index contributed by atoms with van der Waals surface area (Å²) >= 11 is 0. The second-order valence-corrected chi connectivity index (χ2v) is 12.2. The highest BCUT2D eigenvalue weighted by Gasteiger charge is 2.32. The van der Waals surface area contributed by atoms with Crippen LogP contribution in [0.3, 0.4) is 0 Å². The zero-order valence-corrected chi connectivity index (χ0v) is 24.5. The number of nitrogens with zero attached hydrogens (tertiary/aromatic N) is 2. The lowest BCUT2D eigenvalue weighted by atomic mass is 9.88. The number of hydrogen-bond acceptors (Lipinski definition) is 5. The van der Waals surface area contributed by atoms with Crippen LogP contribution in [0.5, 0.6) is 5.75 Å². The van der Waals surface area contributed by atoms with Crippen LogP contribution in [0.4, 0.5) is 10.5 Å². The lowest BCUT2D eigenvalue weighted by Crippen LogP contribution is -2.50. The maximum absolute atomic E-state index is 13.5. The van der Waals surface area contributed by atoms with Crippen molar-refractivity contribution in [1.29, 1.82) is 0 Å². The van der Waals surface area contributed by atoms with Crippen molar-refractivity contribution < 1.29 is 24.2 Å². The van der Waals surface area contributed by atoms with Gasteiger partial charge in [0.1, 0.15) is 11.9 Å². The lowest BCUT2D eigenvalue weighted by Gasteiger charge is -2.34. The highest BCUT2D eigenvalue weighted by Crippen LogP contribution is 2.31. The summed E-state index contributed by atoms with van der Waals surface area (Å²) in [7, 11) is 1.78. The molecule has 3 atom stereocenters. The number of amides is 4. The number of aliphatic hydroxyl groups is 1. The molecule has 9 heteroatoms. The summed E-state index contributed by atoms with van der Waals surface area (Å²) in [4.78, 5) is 42.8. The van der Waals surface area contributed by atoms with E-state index in [0.717, 1.165) is 51.4 Å². The van der Waals surface area contributed by atoms with Gasteiger partial charge in [-0.2, -0.15) is 0 Å². The van der Waals surface area contributed by atoms with Gasteiger partial charge in [-0.3, -0.25) is 9.59 Å². The monoisotopic (exact) mass is 556 g/mol. The van der Waals surface area contributed by atoms with E-state index in [0.29, 0.717) is 30.1 Å². The van der Waals surface area contributed by atoms with Crippen LogP contribution >= 0.6 is 0 Å². The molecule has 3 N–H and O–H groups in total. The molecule has 0 unspecified atom stereocenters. The number of anilines is 1. The Bertz CT molecular complexity index is 1020. The number of benzene rings is 1. The molecular weight excluding hydrogens is 508 g/mol. The van der Waals surface area contributed by atoms with Gasteiger partial charge in [0.25, 0.3) is 0 Å². The Balaban J connectivity index is 1.53. The molecule has 0 aromatic heterocycles. The second kappa shape index (κ2) is 14.2. The molecule has 4 rings (SSSR count). The fourth-order valence-corrected chi connectivity index (χ4v) is 6.22. The molecule has 2 fully saturated rings. The van der Waals surface area contributed by atoms with Crippen LogP contribution in [-0.4, -0.2) is 77.7 Å². The first-order chi connectivity index (χ1) is 19.2. The first-order valence-electron chi connectivity index (χ1n) is 15.3. The largest absolute Gasteiger partial charge is 0.488 e. The molecule has 1 aliphatic heterocycles. The molecule has 0 radical (unpaired) electrons. The van der Waals surface area contributed by atoms with Crippen LogP contribution < -0.4 is 15.4 Å². The molecular formula is C31H48N4O5. The Morgan fingerprint density at radius 2 is 1.77 bits per heavy atom. The zero-order valence-electron chi connectivity index (χ0n) is 24.5. The smallest absolute Gasteiger partial charge is 0.317 e. The third kappa shape index (κ3) is 7.89. The maximum atomic E-state index is 13.5. The molecule has 2 saturated carbocycles. The first-order valence-corrected chi connectivity index (χ1v) is 15.3. The Hall–Kier alpha value is -2.81. The minimum absolute atomic E-state index is 0.0262. The van der Waals surface area contributed by atoms with Gasteiger partial charge < -0.3 is 30.3 Å². The predicted molar refractivity (Wildman–Crippen MR) is 155 cm³/mol. The van der Waals surface area contributed by atoms with Gasteiger partial charge in [-0.15, -0.1) is 0 Å². The van der Waals surface area contributed by atoms with Crippen LogP contribution in [-0.2, 0) is 16.0 Å². The topological polar surface area (TPSA) is 111 Å². The van der Waals surface area contributed by atoms with Gasteiger partial charge in [0.05, 0.1) is 25.6 Å². The van der Waals surface area contributed by atoms with Crippen molar-refractivity contribution in [2.75, 3.05) is 32.1 Å². The Labute approximate surface area is 239 Å². The van der Waals surface area contributed by atoms with Crippen LogP contribution in [0.1, 0.15) is 83.6 Å². The van der Waals surface area contributed by atoms with Gasteiger partial charge in [0, 0.05) is 42.7 Å². The number of ether oxygens (including phenoxy) is 1. The number of aliphatic hydroxyl groups excluding tert-OH is 1. The van der Waals surface area contributed by atoms with E-state index in [4.69, 9.17) is 4.74 Å². The molecule has 222 valence electrons. The van der Waals surface area contributed by atoms with Gasteiger partial charge in [-0.25, -0.2) is 4.79 Å². The number of urea groups is 1. The summed E-state index contributed by atoms with van der Waals surface area (Å²) in [5.41, 5.74) is 1.34. The van der Waals surface area contributed by atoms with Crippen molar-refractivity contribution in [3.63, 3.8) is 0 Å². The third-order valence-corrected chi connectivity index (χ3v) is 8.89. The van der Waals surface area contributed by atoms with Crippen LogP contribution in [0.25, 0.3) is 0 Å². The number of carbonyl (C=O) groups is 3. The lowest BCUT2D eigenvalue weighted by molar-refractivity contribution is -0.134. The summed E-state index contributed by atoms with van der Waals surface area (Å²) < 4.78 is 6.55. The minimum Gasteiger partial charge on any atom is -0.488 e. The SMILES string of the molecule is C[C@@H]1CN([C@@H](C)CO)C(=O)Cc2cc(NC(=O)C3CCCCC3)ccc2O[C@@H]1CN(C)C(=O)NC1CCCCC1. The number of hydrogen-bond donors (Lipinski definition) is 3. The summed E-state index contributed by atoms with van der Waals surface area (Å²) in [6, 6.07) is 5.24. The fourth-order valence-electron chi connectivity index (χ4n) is 6.22. The number of rotatable bonds is 7. The van der Waals surface area contributed by atoms with E-state index >= 15 is 0 Å². The summed E-state index contributed by atoms with van der Waals surface area (Å²) in [6.45, 7) is 4.48. The number of fused-ring (bicyclic) bond motifs is 1. The van der Waals surface area contributed by atoms with Crippen molar-refractivity contribution in [2.45, 2.75) is 103 Å². The van der Waals surface area contributed by atoms with Crippen molar-refractivity contribution in [3.05, 3.63) is 23.8 Å². The molecule has 0 bridgehead atoms. The molecule has 2 aliphatic carbocycles. The highest BCUT2D eigenvalue weighted by molar-refractivity contribution is 5.93. The van der Waals surface area contributed by atoms with Gasteiger partial charge in [-0.05, 0) is 50.8 Å². The van der Waals surface area contributed by atoms with Crippen LogP contribution in [0.15, 0.2) is 18.2 Å². The first kappa shape index (κ1) is 30.2. The second-order valence-electron chi connectivity index (χ2n) is 12.2. The molecule has 4 amide bonds. The summed E-state index contributed by atoms with van der Waals surface area (Å²) in [6.07, 6.45) is 10.4. The molecule has 3 aliphatic rings. The van der Waals surface area contributed by atoms with Crippen LogP contribution in [0.2, 0.25) is 0 Å². The molecule has 9 nitrogen and oxygen atoms in total. The average molecular weight is 557 g/mol. The zero-order chi connectivity index (χ0) is 28.6. The molecule has 1 aromatic rings. The Kier molecular flexibility index (Phi) is 10.7. The van der Waals surface area contributed by atoms with Crippen LogP contribution in [0, 0.1) is 11.8 Å². The van der Waals surface area contributed by atoms with E-state index < -0.39 is 0 Å². The summed E-state index contributed by atoms with van der Waals surface area (Å²) in [5, 5.41) is 16.1. The van der Waals surface area contributed by atoms with E-state index in [1.54, 1.807) is 16.8 Å². The van der Waals surface area contributed by atoms with E-state index in [-0.39, 0.29) is 60.9 Å². The molecule has 0 saturated heterocycles. The van der Waals surface area contributed by atoms with E-state index in [9.17, 15) is 19.5 Å². The minimum atomic E-state index is -0.372. The molecule has 1 heterocycles. The highest BCUT2D eigenvalue weighted by atomic mass is 16.5. The van der Waals surface area contributed by atoms with Crippen molar-refractivity contribution in [2.24, 2.45) is 11.8 Å². The Morgan fingerprint density at radius 3 is 2.45 bits per heavy atom. The Morgan fingerprint density at radius 1 is 1.10 bits per heavy atom. The van der Waals surface area contributed by atoms with Crippen molar-refractivity contribution in [3.8, 4) is 5.75 Å². The molecule has 0 spiro atoms. The van der Waals surface area contributed by atoms with Gasteiger partial charge in [0.2, 0.25) is 11.8 Å². The number of nitrogens with one attached hydrogen (secondary N) is 2. The molecule has 40 heavy (non-hydrogen) atoms. The van der Waals surface area contributed by atoms with Crippen molar-refractivity contribution in [1.82, 2.24) is 15.1 Å². The van der Waals surface area contributed by atoms with Gasteiger partial charge >= 0.3 is 6.03 Å². The van der Waals surface area contributed by atoms with E-state index in [1.165, 1.54) is 12.8 Å². The van der Waals surface area contributed by atoms with E-state index in [2.05, 4.69) is 10.6 Å².